The van der Waals surface area contributed by atoms with Gasteiger partial charge in [-0.2, -0.15) is 13.2 Å². The maximum absolute atomic E-state index is 13.8. The number of hydrogen-bond donors (Lipinski definition) is 1. The molecule has 2 aromatic heterocycles. The first-order valence-corrected chi connectivity index (χ1v) is 12.5. The van der Waals surface area contributed by atoms with Crippen LogP contribution in [0.15, 0.2) is 59.6 Å². The molecule has 1 aliphatic heterocycles. The molecule has 2 aliphatic rings. The quantitative estimate of drug-likeness (QED) is 0.369. The van der Waals surface area contributed by atoms with Crippen LogP contribution in [0.1, 0.15) is 49.7 Å². The van der Waals surface area contributed by atoms with E-state index in [1.165, 1.54) is 24.4 Å². The SMILES string of the molecule is CC1CCCN(c2cccc(SNc3ccc(C(F)(F)F)c(-c4ccccc4C4CC4)n3)n2)C1. The highest BCUT2D eigenvalue weighted by atomic mass is 32.2. The maximum atomic E-state index is 13.8. The van der Waals surface area contributed by atoms with Crippen molar-refractivity contribution in [1.29, 1.82) is 0 Å². The molecule has 8 heteroatoms. The number of hydrogen-bond acceptors (Lipinski definition) is 5. The fraction of sp³-hybridized carbons (Fsp3) is 0.385. The molecular weight excluding hydrogens is 457 g/mol. The van der Waals surface area contributed by atoms with Gasteiger partial charge in [0.1, 0.15) is 16.7 Å². The number of anilines is 2. The molecule has 1 N–H and O–H groups in total. The molecule has 0 radical (unpaired) electrons. The maximum Gasteiger partial charge on any atom is 0.418 e. The van der Waals surface area contributed by atoms with Crippen LogP contribution in [0.2, 0.25) is 0 Å². The second-order valence-electron chi connectivity index (χ2n) is 9.18. The van der Waals surface area contributed by atoms with Crippen molar-refractivity contribution in [2.45, 2.75) is 49.7 Å². The van der Waals surface area contributed by atoms with Crippen LogP contribution in [0.3, 0.4) is 0 Å². The van der Waals surface area contributed by atoms with Gasteiger partial charge in [0.25, 0.3) is 0 Å². The summed E-state index contributed by atoms with van der Waals surface area (Å²) in [6.45, 7) is 4.23. The summed E-state index contributed by atoms with van der Waals surface area (Å²) in [6, 6.07) is 15.7. The zero-order valence-electron chi connectivity index (χ0n) is 19.0. The van der Waals surface area contributed by atoms with Gasteiger partial charge in [-0.3, -0.25) is 0 Å². The van der Waals surface area contributed by atoms with E-state index in [4.69, 9.17) is 4.98 Å². The lowest BCUT2D eigenvalue weighted by Gasteiger charge is -2.31. The molecule has 3 heterocycles. The topological polar surface area (TPSA) is 41.0 Å². The lowest BCUT2D eigenvalue weighted by molar-refractivity contribution is -0.137. The number of rotatable bonds is 6. The molecule has 1 atom stereocenters. The van der Waals surface area contributed by atoms with Crippen LogP contribution in [0.25, 0.3) is 11.3 Å². The minimum atomic E-state index is -4.48. The van der Waals surface area contributed by atoms with Crippen molar-refractivity contribution >= 4 is 23.6 Å². The highest BCUT2D eigenvalue weighted by Gasteiger charge is 2.36. The van der Waals surface area contributed by atoms with Crippen molar-refractivity contribution in [3.8, 4) is 11.3 Å². The lowest BCUT2D eigenvalue weighted by atomic mass is 9.97. The molecular formula is C26H27F3N4S. The summed E-state index contributed by atoms with van der Waals surface area (Å²) in [5.74, 6) is 2.25. The first-order chi connectivity index (χ1) is 16.4. The summed E-state index contributed by atoms with van der Waals surface area (Å²) in [5.41, 5.74) is 0.765. The van der Waals surface area contributed by atoms with Gasteiger partial charge in [-0.05, 0) is 67.3 Å². The molecule has 0 bridgehead atoms. The second kappa shape index (κ2) is 9.49. The van der Waals surface area contributed by atoms with Gasteiger partial charge in [0.05, 0.1) is 11.3 Å². The third-order valence-electron chi connectivity index (χ3n) is 6.38. The van der Waals surface area contributed by atoms with Crippen LogP contribution in [0.5, 0.6) is 0 Å². The average molecular weight is 485 g/mol. The van der Waals surface area contributed by atoms with E-state index in [9.17, 15) is 13.2 Å². The Kier molecular flexibility index (Phi) is 6.42. The van der Waals surface area contributed by atoms with Crippen molar-refractivity contribution in [2.75, 3.05) is 22.7 Å². The van der Waals surface area contributed by atoms with Gasteiger partial charge in [0.2, 0.25) is 0 Å². The van der Waals surface area contributed by atoms with Gasteiger partial charge in [-0.15, -0.1) is 0 Å². The summed E-state index contributed by atoms with van der Waals surface area (Å²) in [6.07, 6.45) is -0.0859. The lowest BCUT2D eigenvalue weighted by Crippen LogP contribution is -2.34. The number of halogens is 3. The number of alkyl halides is 3. The van der Waals surface area contributed by atoms with Crippen LogP contribution in [-0.2, 0) is 6.18 Å². The smallest absolute Gasteiger partial charge is 0.356 e. The standard InChI is InChI=1S/C26H27F3N4S/c1-17-6-5-15-33(16-17)23-9-4-10-24(31-23)34-32-22-14-13-21(26(27,28)29)25(30-22)20-8-3-2-7-19(20)18-11-12-18/h2-4,7-10,13-14,17-18H,5-6,11-12,15-16H2,1H3,(H,30,32). The van der Waals surface area contributed by atoms with Gasteiger partial charge >= 0.3 is 6.18 Å². The fourth-order valence-electron chi connectivity index (χ4n) is 4.55. The summed E-state index contributed by atoms with van der Waals surface area (Å²) >= 11 is 1.26. The zero-order chi connectivity index (χ0) is 23.7. The van der Waals surface area contributed by atoms with E-state index in [0.717, 1.165) is 54.8 Å². The van der Waals surface area contributed by atoms with Crippen molar-refractivity contribution in [3.05, 3.63) is 65.7 Å². The van der Waals surface area contributed by atoms with E-state index in [-0.39, 0.29) is 5.69 Å². The Bertz CT molecular complexity index is 1160. The number of aromatic nitrogens is 2. The summed E-state index contributed by atoms with van der Waals surface area (Å²) < 4.78 is 44.6. The first-order valence-electron chi connectivity index (χ1n) is 11.7. The van der Waals surface area contributed by atoms with Crippen molar-refractivity contribution in [1.82, 2.24) is 9.97 Å². The van der Waals surface area contributed by atoms with E-state index in [1.807, 2.05) is 30.3 Å². The van der Waals surface area contributed by atoms with E-state index in [2.05, 4.69) is 21.5 Å². The predicted octanol–water partition coefficient (Wildman–Crippen LogP) is 7.40. The molecule has 1 saturated carbocycles. The van der Waals surface area contributed by atoms with Gasteiger partial charge in [0, 0.05) is 30.6 Å². The molecule has 0 spiro atoms. The number of pyridine rings is 2. The first kappa shape index (κ1) is 23.0. The Balaban J connectivity index is 1.39. The van der Waals surface area contributed by atoms with Crippen LogP contribution in [0.4, 0.5) is 24.8 Å². The Labute approximate surface area is 202 Å². The van der Waals surface area contributed by atoms with Crippen LogP contribution in [0, 0.1) is 5.92 Å². The predicted molar refractivity (Wildman–Crippen MR) is 131 cm³/mol. The van der Waals surface area contributed by atoms with Gasteiger partial charge in [-0.1, -0.05) is 37.3 Å². The third kappa shape index (κ3) is 5.17. The highest BCUT2D eigenvalue weighted by molar-refractivity contribution is 8.00. The summed E-state index contributed by atoms with van der Waals surface area (Å²) in [4.78, 5) is 11.5. The molecule has 2 fully saturated rings. The van der Waals surface area contributed by atoms with Crippen LogP contribution in [-0.4, -0.2) is 23.1 Å². The Morgan fingerprint density at radius 2 is 1.79 bits per heavy atom. The summed E-state index contributed by atoms with van der Waals surface area (Å²) in [7, 11) is 0. The molecule has 1 unspecified atom stereocenters. The molecule has 3 aromatic rings. The Hall–Kier alpha value is -2.74. The minimum absolute atomic E-state index is 0.0235. The molecule has 34 heavy (non-hydrogen) atoms. The van der Waals surface area contributed by atoms with Gasteiger partial charge in [0.15, 0.2) is 0 Å². The third-order valence-corrected chi connectivity index (χ3v) is 7.13. The van der Waals surface area contributed by atoms with Crippen LogP contribution < -0.4 is 9.62 Å². The molecule has 5 rings (SSSR count). The largest absolute Gasteiger partial charge is 0.418 e. The number of benzene rings is 1. The van der Waals surface area contributed by atoms with E-state index in [1.54, 1.807) is 12.1 Å². The molecule has 1 aliphatic carbocycles. The molecule has 178 valence electrons. The van der Waals surface area contributed by atoms with E-state index in [0.29, 0.717) is 23.2 Å². The molecule has 1 saturated heterocycles. The average Bonchev–Trinajstić information content (AvgIpc) is 3.68. The van der Waals surface area contributed by atoms with Crippen molar-refractivity contribution in [3.63, 3.8) is 0 Å². The number of nitrogens with one attached hydrogen (secondary N) is 1. The molecule has 4 nitrogen and oxygen atoms in total. The van der Waals surface area contributed by atoms with Gasteiger partial charge in [-0.25, -0.2) is 9.97 Å². The zero-order valence-corrected chi connectivity index (χ0v) is 19.8. The minimum Gasteiger partial charge on any atom is -0.356 e. The monoisotopic (exact) mass is 484 g/mol. The molecule has 1 aromatic carbocycles. The van der Waals surface area contributed by atoms with Crippen molar-refractivity contribution in [2.24, 2.45) is 5.92 Å². The van der Waals surface area contributed by atoms with E-state index >= 15 is 0 Å². The van der Waals surface area contributed by atoms with Crippen molar-refractivity contribution < 1.29 is 13.2 Å². The Morgan fingerprint density at radius 3 is 2.56 bits per heavy atom. The normalized spacial score (nSPS) is 18.7. The van der Waals surface area contributed by atoms with Gasteiger partial charge < -0.3 is 9.62 Å². The summed E-state index contributed by atoms with van der Waals surface area (Å²) in [5, 5.41) is 0.748. The fourth-order valence-corrected chi connectivity index (χ4v) is 5.16. The van der Waals surface area contributed by atoms with E-state index < -0.39 is 11.7 Å². The highest BCUT2D eigenvalue weighted by Crippen LogP contribution is 2.46. The molecule has 0 amide bonds. The second-order valence-corrected chi connectivity index (χ2v) is 10.0. The number of nitrogens with zero attached hydrogens (tertiary/aromatic N) is 3. The number of piperidine rings is 1. The Morgan fingerprint density at radius 1 is 0.971 bits per heavy atom. The van der Waals surface area contributed by atoms with Crippen LogP contribution >= 0.6 is 11.9 Å².